The smallest absolute Gasteiger partial charge is 0.277 e. The molecule has 26 heavy (non-hydrogen) atoms. The molecule has 0 N–H and O–H groups in total. The highest BCUT2D eigenvalue weighted by atomic mass is 16.2. The number of aromatic nitrogens is 4. The lowest BCUT2D eigenvalue weighted by atomic mass is 10.1. The van der Waals surface area contributed by atoms with E-state index in [0.717, 1.165) is 36.9 Å². The van der Waals surface area contributed by atoms with Gasteiger partial charge in [0, 0.05) is 37.2 Å². The molecular formula is C20H21N5O. The number of carbonyl (C=O) groups excluding carboxylic acids is 1. The van der Waals surface area contributed by atoms with Crippen molar-refractivity contribution in [2.24, 2.45) is 7.05 Å². The first kappa shape index (κ1) is 16.4. The fraction of sp³-hybridized carbons (Fsp3) is 0.300. The fourth-order valence-corrected chi connectivity index (χ4v) is 3.56. The molecule has 0 saturated heterocycles. The third-order valence-corrected chi connectivity index (χ3v) is 4.86. The van der Waals surface area contributed by atoms with Gasteiger partial charge in [0.1, 0.15) is 11.5 Å². The largest absolute Gasteiger partial charge is 0.288 e. The summed E-state index contributed by atoms with van der Waals surface area (Å²) in [5.74, 6) is 0.647. The standard InChI is InChI=1S/C20H21N5O/c1-24-18(13-17(23-24)15-7-6-11-21-14-15)20(26)25(16-8-2-3-9-16)19-10-4-5-12-22-19/h4-7,10-14,16H,2-3,8-9H2,1H3. The minimum atomic E-state index is -0.0549. The van der Waals surface area contributed by atoms with E-state index in [2.05, 4.69) is 15.1 Å². The average Bonchev–Trinajstić information content (AvgIpc) is 3.33. The van der Waals surface area contributed by atoms with Crippen LogP contribution in [0.4, 0.5) is 5.82 Å². The van der Waals surface area contributed by atoms with Gasteiger partial charge in [0.15, 0.2) is 0 Å². The van der Waals surface area contributed by atoms with E-state index in [-0.39, 0.29) is 11.9 Å². The second kappa shape index (κ2) is 7.07. The minimum Gasteiger partial charge on any atom is -0.288 e. The van der Waals surface area contributed by atoms with E-state index >= 15 is 0 Å². The van der Waals surface area contributed by atoms with Crippen molar-refractivity contribution in [2.75, 3.05) is 4.90 Å². The molecule has 0 radical (unpaired) electrons. The molecule has 3 heterocycles. The molecular weight excluding hydrogens is 326 g/mol. The molecule has 132 valence electrons. The van der Waals surface area contributed by atoms with E-state index in [1.165, 1.54) is 0 Å². The van der Waals surface area contributed by atoms with Crippen LogP contribution < -0.4 is 4.90 Å². The van der Waals surface area contributed by atoms with Gasteiger partial charge in [-0.25, -0.2) is 4.98 Å². The maximum Gasteiger partial charge on any atom is 0.277 e. The molecule has 1 saturated carbocycles. The van der Waals surface area contributed by atoms with Gasteiger partial charge in [-0.05, 0) is 43.2 Å². The summed E-state index contributed by atoms with van der Waals surface area (Å²) in [7, 11) is 1.80. The maximum atomic E-state index is 13.4. The zero-order valence-corrected chi connectivity index (χ0v) is 14.7. The van der Waals surface area contributed by atoms with Gasteiger partial charge >= 0.3 is 0 Å². The summed E-state index contributed by atoms with van der Waals surface area (Å²) in [5.41, 5.74) is 2.20. The van der Waals surface area contributed by atoms with Crippen molar-refractivity contribution in [1.29, 1.82) is 0 Å². The van der Waals surface area contributed by atoms with E-state index in [1.807, 2.05) is 41.3 Å². The molecule has 0 aliphatic heterocycles. The Hall–Kier alpha value is -3.02. The number of amides is 1. The molecule has 0 atom stereocenters. The zero-order chi connectivity index (χ0) is 17.9. The third kappa shape index (κ3) is 3.10. The van der Waals surface area contributed by atoms with Crippen LogP contribution in [0.5, 0.6) is 0 Å². The Balaban J connectivity index is 1.71. The maximum absolute atomic E-state index is 13.4. The minimum absolute atomic E-state index is 0.0549. The molecule has 0 spiro atoms. The van der Waals surface area contributed by atoms with Crippen LogP contribution in [0.1, 0.15) is 36.2 Å². The number of hydrogen-bond acceptors (Lipinski definition) is 4. The number of carbonyl (C=O) groups is 1. The van der Waals surface area contributed by atoms with Crippen LogP contribution in [0.3, 0.4) is 0 Å². The molecule has 4 rings (SSSR count). The molecule has 1 fully saturated rings. The van der Waals surface area contributed by atoms with Crippen molar-refractivity contribution in [3.63, 3.8) is 0 Å². The Morgan fingerprint density at radius 2 is 2.00 bits per heavy atom. The lowest BCUT2D eigenvalue weighted by Crippen LogP contribution is -2.40. The number of aryl methyl sites for hydroxylation is 1. The number of rotatable bonds is 4. The second-order valence-electron chi connectivity index (χ2n) is 6.58. The van der Waals surface area contributed by atoms with Crippen molar-refractivity contribution >= 4 is 11.7 Å². The van der Waals surface area contributed by atoms with Crippen molar-refractivity contribution in [3.8, 4) is 11.3 Å². The normalized spacial score (nSPS) is 14.5. The molecule has 0 aromatic carbocycles. The summed E-state index contributed by atoms with van der Waals surface area (Å²) < 4.78 is 1.65. The highest BCUT2D eigenvalue weighted by Crippen LogP contribution is 2.29. The Morgan fingerprint density at radius 1 is 1.15 bits per heavy atom. The SMILES string of the molecule is Cn1nc(-c2cccnc2)cc1C(=O)N(c1ccccn1)C1CCCC1. The Morgan fingerprint density at radius 3 is 2.69 bits per heavy atom. The molecule has 6 nitrogen and oxygen atoms in total. The summed E-state index contributed by atoms with van der Waals surface area (Å²) in [6.07, 6.45) is 9.52. The average molecular weight is 347 g/mol. The second-order valence-corrected chi connectivity index (χ2v) is 6.58. The van der Waals surface area contributed by atoms with Crippen LogP contribution in [-0.2, 0) is 7.05 Å². The molecule has 0 bridgehead atoms. The van der Waals surface area contributed by atoms with Crippen molar-refractivity contribution in [1.82, 2.24) is 19.7 Å². The van der Waals surface area contributed by atoms with Crippen LogP contribution in [-0.4, -0.2) is 31.7 Å². The molecule has 3 aromatic rings. The Labute approximate surface area is 152 Å². The molecule has 3 aromatic heterocycles. The first-order valence-electron chi connectivity index (χ1n) is 8.93. The molecule has 0 unspecified atom stereocenters. The number of nitrogens with zero attached hydrogens (tertiary/aromatic N) is 5. The van der Waals surface area contributed by atoms with E-state index < -0.39 is 0 Å². The summed E-state index contributed by atoms with van der Waals surface area (Å²) in [4.78, 5) is 23.8. The molecule has 6 heteroatoms. The third-order valence-electron chi connectivity index (χ3n) is 4.86. The van der Waals surface area contributed by atoms with Gasteiger partial charge in [-0.15, -0.1) is 0 Å². The lowest BCUT2D eigenvalue weighted by molar-refractivity contribution is 0.0967. The summed E-state index contributed by atoms with van der Waals surface area (Å²) in [6.45, 7) is 0. The predicted octanol–water partition coefficient (Wildman–Crippen LogP) is 3.47. The van der Waals surface area contributed by atoms with E-state index in [0.29, 0.717) is 11.5 Å². The summed E-state index contributed by atoms with van der Waals surface area (Å²) in [5, 5.41) is 4.51. The molecule has 1 amide bonds. The predicted molar refractivity (Wildman–Crippen MR) is 99.7 cm³/mol. The van der Waals surface area contributed by atoms with Crippen LogP contribution in [0, 0.1) is 0 Å². The first-order chi connectivity index (χ1) is 12.7. The van der Waals surface area contributed by atoms with E-state index in [9.17, 15) is 4.79 Å². The zero-order valence-electron chi connectivity index (χ0n) is 14.7. The van der Waals surface area contributed by atoms with Crippen LogP contribution in [0.2, 0.25) is 0 Å². The topological polar surface area (TPSA) is 63.9 Å². The molecule has 1 aliphatic carbocycles. The quantitative estimate of drug-likeness (QED) is 0.725. The van der Waals surface area contributed by atoms with Gasteiger partial charge in [0.05, 0.1) is 5.69 Å². The van der Waals surface area contributed by atoms with Crippen LogP contribution in [0.25, 0.3) is 11.3 Å². The van der Waals surface area contributed by atoms with Gasteiger partial charge in [-0.2, -0.15) is 5.10 Å². The molecule has 1 aliphatic rings. The van der Waals surface area contributed by atoms with Gasteiger partial charge in [0.25, 0.3) is 5.91 Å². The summed E-state index contributed by atoms with van der Waals surface area (Å²) >= 11 is 0. The van der Waals surface area contributed by atoms with Crippen LogP contribution >= 0.6 is 0 Å². The van der Waals surface area contributed by atoms with Gasteiger partial charge in [-0.1, -0.05) is 18.9 Å². The monoisotopic (exact) mass is 347 g/mol. The highest BCUT2D eigenvalue weighted by molar-refractivity contribution is 6.05. The van der Waals surface area contributed by atoms with E-state index in [4.69, 9.17) is 0 Å². The number of pyridine rings is 2. The first-order valence-corrected chi connectivity index (χ1v) is 8.93. The van der Waals surface area contributed by atoms with Crippen LogP contribution in [0.15, 0.2) is 55.0 Å². The lowest BCUT2D eigenvalue weighted by Gasteiger charge is -2.27. The summed E-state index contributed by atoms with van der Waals surface area (Å²) in [6, 6.07) is 11.5. The number of hydrogen-bond donors (Lipinski definition) is 0. The van der Waals surface area contributed by atoms with Crippen molar-refractivity contribution < 1.29 is 4.79 Å². The van der Waals surface area contributed by atoms with Gasteiger partial charge in [0.2, 0.25) is 0 Å². The Bertz CT molecular complexity index is 885. The number of anilines is 1. The fourth-order valence-electron chi connectivity index (χ4n) is 3.56. The van der Waals surface area contributed by atoms with Crippen molar-refractivity contribution in [2.45, 2.75) is 31.7 Å². The van der Waals surface area contributed by atoms with Gasteiger partial charge in [-0.3, -0.25) is 19.4 Å². The van der Waals surface area contributed by atoms with E-state index in [1.54, 1.807) is 30.3 Å². The van der Waals surface area contributed by atoms with Gasteiger partial charge < -0.3 is 0 Å². The highest BCUT2D eigenvalue weighted by Gasteiger charge is 2.31. The Kier molecular flexibility index (Phi) is 4.48. The van der Waals surface area contributed by atoms with Crippen molar-refractivity contribution in [3.05, 3.63) is 60.7 Å².